The Morgan fingerprint density at radius 3 is 1.85 bits per heavy atom. The molecule has 4 nitrogen and oxygen atoms in total. The van der Waals surface area contributed by atoms with Gasteiger partial charge in [0.25, 0.3) is 0 Å². The average molecular weight is 447 g/mol. The summed E-state index contributed by atoms with van der Waals surface area (Å²) >= 11 is 0. The molecule has 3 aromatic rings. The zero-order valence-corrected chi connectivity index (χ0v) is 20.0. The molecule has 0 radical (unpaired) electrons. The number of benzene rings is 3. The van der Waals surface area contributed by atoms with Crippen LogP contribution in [0.3, 0.4) is 0 Å². The van der Waals surface area contributed by atoms with Crippen LogP contribution in [0.15, 0.2) is 78.9 Å². The molecule has 0 saturated heterocycles. The van der Waals surface area contributed by atoms with E-state index in [4.69, 9.17) is 9.47 Å². The van der Waals surface area contributed by atoms with E-state index < -0.39 is 11.4 Å². The van der Waals surface area contributed by atoms with Gasteiger partial charge in [-0.3, -0.25) is 4.79 Å². The fraction of sp³-hybridized carbons (Fsp3) is 0.345. The summed E-state index contributed by atoms with van der Waals surface area (Å²) in [6.07, 6.45) is 0.779. The molecule has 0 aliphatic carbocycles. The third-order valence-electron chi connectivity index (χ3n) is 6.00. The Hall–Kier alpha value is -3.11. The zero-order valence-electron chi connectivity index (χ0n) is 20.0. The predicted molar refractivity (Wildman–Crippen MR) is 132 cm³/mol. The van der Waals surface area contributed by atoms with Crippen molar-refractivity contribution in [3.8, 4) is 5.75 Å². The maximum Gasteiger partial charge on any atom is 0.318 e. The van der Waals surface area contributed by atoms with Crippen molar-refractivity contribution >= 4 is 5.97 Å². The van der Waals surface area contributed by atoms with Crippen LogP contribution in [0, 0.1) is 0 Å². The van der Waals surface area contributed by atoms with E-state index in [9.17, 15) is 9.90 Å². The van der Waals surface area contributed by atoms with Gasteiger partial charge in [0.05, 0.1) is 19.8 Å². The Bertz CT molecular complexity index is 1020. The van der Waals surface area contributed by atoms with E-state index in [1.54, 1.807) is 6.92 Å². The van der Waals surface area contributed by atoms with Crippen LogP contribution < -0.4 is 4.74 Å². The molecule has 0 aliphatic heterocycles. The minimum Gasteiger partial charge on any atom is -0.494 e. The number of carbonyl (C=O) groups is 1. The Kier molecular flexibility index (Phi) is 7.93. The molecule has 0 aliphatic rings. The molecule has 1 unspecified atom stereocenters. The molecule has 1 N–H and O–H groups in total. The van der Waals surface area contributed by atoms with Gasteiger partial charge in [-0.25, -0.2) is 0 Å². The van der Waals surface area contributed by atoms with Crippen molar-refractivity contribution in [3.63, 3.8) is 0 Å². The second-order valence-electron chi connectivity index (χ2n) is 9.52. The first-order chi connectivity index (χ1) is 15.7. The Labute approximate surface area is 197 Å². The summed E-state index contributed by atoms with van der Waals surface area (Å²) < 4.78 is 11.5. The summed E-state index contributed by atoms with van der Waals surface area (Å²) in [5.74, 6) is -0.159. The van der Waals surface area contributed by atoms with Gasteiger partial charge < -0.3 is 14.6 Å². The maximum absolute atomic E-state index is 12.3. The number of hydrogen-bond donors (Lipinski definition) is 1. The molecule has 0 saturated carbocycles. The van der Waals surface area contributed by atoms with Crippen molar-refractivity contribution in [2.45, 2.75) is 51.6 Å². The van der Waals surface area contributed by atoms with Crippen molar-refractivity contribution in [2.75, 3.05) is 13.2 Å². The van der Waals surface area contributed by atoms with Crippen molar-refractivity contribution in [2.24, 2.45) is 0 Å². The van der Waals surface area contributed by atoms with Gasteiger partial charge in [0, 0.05) is 6.42 Å². The fourth-order valence-corrected chi connectivity index (χ4v) is 3.72. The Morgan fingerprint density at radius 1 is 0.758 bits per heavy atom. The molecule has 174 valence electrons. The lowest BCUT2D eigenvalue weighted by Gasteiger charge is -2.27. The molecule has 33 heavy (non-hydrogen) atoms. The van der Waals surface area contributed by atoms with Crippen molar-refractivity contribution in [3.05, 3.63) is 101 Å². The van der Waals surface area contributed by atoms with E-state index in [1.807, 2.05) is 78.9 Å². The molecule has 3 aromatic carbocycles. The van der Waals surface area contributed by atoms with Crippen LogP contribution in [-0.4, -0.2) is 24.3 Å². The van der Waals surface area contributed by atoms with Crippen LogP contribution >= 0.6 is 0 Å². The summed E-state index contributed by atoms with van der Waals surface area (Å²) in [7, 11) is 0. The van der Waals surface area contributed by atoms with Crippen molar-refractivity contribution in [1.82, 2.24) is 0 Å². The highest BCUT2D eigenvalue weighted by Gasteiger charge is 2.37. The first-order valence-corrected chi connectivity index (χ1v) is 11.4. The Balaban J connectivity index is 1.58. The van der Waals surface area contributed by atoms with E-state index >= 15 is 0 Å². The second-order valence-corrected chi connectivity index (χ2v) is 9.52. The molecule has 0 aromatic heterocycles. The molecule has 4 heteroatoms. The van der Waals surface area contributed by atoms with E-state index in [0.717, 1.165) is 28.9 Å². The highest BCUT2D eigenvalue weighted by molar-refractivity contribution is 5.85. The van der Waals surface area contributed by atoms with Gasteiger partial charge in [0.2, 0.25) is 0 Å². The van der Waals surface area contributed by atoms with Gasteiger partial charge >= 0.3 is 5.97 Å². The topological polar surface area (TPSA) is 55.8 Å². The minimum atomic E-state index is -1.14. The summed E-state index contributed by atoms with van der Waals surface area (Å²) in [5.41, 5.74) is 2.69. The van der Waals surface area contributed by atoms with E-state index in [-0.39, 0.29) is 5.41 Å². The highest BCUT2D eigenvalue weighted by atomic mass is 16.5. The van der Waals surface area contributed by atoms with Gasteiger partial charge in [0.15, 0.2) is 0 Å². The molecule has 0 amide bonds. The van der Waals surface area contributed by atoms with Gasteiger partial charge in [-0.05, 0) is 46.7 Å². The summed E-state index contributed by atoms with van der Waals surface area (Å²) in [4.78, 5) is 12.3. The van der Waals surface area contributed by atoms with Crippen molar-refractivity contribution in [1.29, 1.82) is 0 Å². The highest BCUT2D eigenvalue weighted by Crippen LogP contribution is 2.35. The lowest BCUT2D eigenvalue weighted by Crippen LogP contribution is -2.33. The third-order valence-corrected chi connectivity index (χ3v) is 6.00. The molecular formula is C29H34O4. The van der Waals surface area contributed by atoms with Crippen LogP contribution in [0.25, 0.3) is 0 Å². The largest absolute Gasteiger partial charge is 0.494 e. The Morgan fingerprint density at radius 2 is 1.30 bits per heavy atom. The van der Waals surface area contributed by atoms with E-state index in [2.05, 4.69) is 20.8 Å². The van der Waals surface area contributed by atoms with Crippen LogP contribution in [-0.2, 0) is 27.0 Å². The smallest absolute Gasteiger partial charge is 0.318 e. The van der Waals surface area contributed by atoms with Gasteiger partial charge in [-0.15, -0.1) is 0 Å². The van der Waals surface area contributed by atoms with Crippen LogP contribution in [0.5, 0.6) is 5.75 Å². The molecule has 0 bridgehead atoms. The van der Waals surface area contributed by atoms with Gasteiger partial charge in [0.1, 0.15) is 11.2 Å². The molecule has 1 atom stereocenters. The number of hydrogen-bond acceptors (Lipinski definition) is 3. The third kappa shape index (κ3) is 6.23. The first-order valence-electron chi connectivity index (χ1n) is 11.4. The minimum absolute atomic E-state index is 0.0176. The summed E-state index contributed by atoms with van der Waals surface area (Å²) in [6.45, 7) is 9.94. The molecule has 3 rings (SSSR count). The quantitative estimate of drug-likeness (QED) is 0.368. The van der Waals surface area contributed by atoms with Crippen LogP contribution in [0.1, 0.15) is 56.4 Å². The lowest BCUT2D eigenvalue weighted by molar-refractivity contribution is -0.141. The first kappa shape index (κ1) is 24.5. The summed E-state index contributed by atoms with van der Waals surface area (Å²) in [6, 6.07) is 25.3. The lowest BCUT2D eigenvalue weighted by atomic mass is 9.75. The zero-order chi connectivity index (χ0) is 23.9. The van der Waals surface area contributed by atoms with Crippen molar-refractivity contribution < 1.29 is 19.4 Å². The van der Waals surface area contributed by atoms with E-state index in [0.29, 0.717) is 19.8 Å². The normalized spacial score (nSPS) is 13.3. The van der Waals surface area contributed by atoms with Crippen LogP contribution in [0.2, 0.25) is 0 Å². The SMILES string of the molecule is CC(C)(C)c1ccc(C(C)(C(=O)O)c2ccc(OCCCOCc3ccccc3)cc2)cc1. The molecule has 0 spiro atoms. The number of ether oxygens (including phenoxy) is 2. The summed E-state index contributed by atoms with van der Waals surface area (Å²) in [5, 5.41) is 10.1. The standard InChI is InChI=1S/C29H34O4/c1-28(2,3)23-11-13-24(14-12-23)29(4,27(30)31)25-15-17-26(18-16-25)33-20-8-19-32-21-22-9-6-5-7-10-22/h5-7,9-18H,8,19-21H2,1-4H3,(H,30,31). The van der Waals surface area contributed by atoms with Gasteiger partial charge in [-0.2, -0.15) is 0 Å². The predicted octanol–water partition coefficient (Wildman–Crippen LogP) is 6.36. The number of carboxylic acids is 1. The second kappa shape index (κ2) is 10.7. The molecule has 0 heterocycles. The average Bonchev–Trinajstić information content (AvgIpc) is 2.81. The molecular weight excluding hydrogens is 412 g/mol. The number of rotatable bonds is 10. The van der Waals surface area contributed by atoms with Crippen LogP contribution in [0.4, 0.5) is 0 Å². The van der Waals surface area contributed by atoms with Gasteiger partial charge in [-0.1, -0.05) is 87.5 Å². The number of aliphatic carboxylic acids is 1. The fourth-order valence-electron chi connectivity index (χ4n) is 3.72. The van der Waals surface area contributed by atoms with E-state index in [1.165, 1.54) is 5.56 Å². The number of carboxylic acid groups (broad SMARTS) is 1. The maximum atomic E-state index is 12.3. The molecule has 0 fully saturated rings. The monoisotopic (exact) mass is 446 g/mol.